The molecule has 0 aromatic rings. The second kappa shape index (κ2) is 5.59. The molecule has 0 unspecified atom stereocenters. The molecule has 1 aliphatic heterocycles. The lowest BCUT2D eigenvalue weighted by molar-refractivity contribution is 0.267. The Labute approximate surface area is 71.8 Å². The zero-order valence-corrected chi connectivity index (χ0v) is 8.72. The fourth-order valence-electron chi connectivity index (χ4n) is 1.44. The number of rotatable bonds is 1. The molecule has 0 spiro atoms. The first kappa shape index (κ1) is 11.0. The number of nitrogens with zero attached hydrogens (tertiary/aromatic N) is 1. The Kier molecular flexibility index (Phi) is 5.57. The molecule has 0 aromatic carbocycles. The third kappa shape index (κ3) is 3.76. The third-order valence-electron chi connectivity index (χ3n) is 2.19. The van der Waals surface area contributed by atoms with Gasteiger partial charge >= 0.3 is 0 Å². The van der Waals surface area contributed by atoms with Crippen molar-refractivity contribution in [3.8, 4) is 0 Å². The van der Waals surface area contributed by atoms with Crippen molar-refractivity contribution in [2.45, 2.75) is 47.1 Å². The van der Waals surface area contributed by atoms with Crippen LogP contribution in [-0.2, 0) is 0 Å². The summed E-state index contributed by atoms with van der Waals surface area (Å²) in [6, 6.07) is 0.759. The Morgan fingerprint density at radius 2 is 1.82 bits per heavy atom. The molecule has 0 amide bonds. The van der Waals surface area contributed by atoms with Crippen LogP contribution in [0.25, 0.3) is 0 Å². The summed E-state index contributed by atoms with van der Waals surface area (Å²) in [5, 5.41) is 0. The van der Waals surface area contributed by atoms with Crippen molar-refractivity contribution in [2.75, 3.05) is 13.1 Å². The summed E-state index contributed by atoms with van der Waals surface area (Å²) in [7, 11) is 0. The van der Waals surface area contributed by atoms with Gasteiger partial charge in [0.25, 0.3) is 0 Å². The lowest BCUT2D eigenvalue weighted by Gasteiger charge is -2.19. The SMILES string of the molecule is CC.CC(C)N1CC[C@H](C)C1. The molecular formula is C10H23N. The van der Waals surface area contributed by atoms with Gasteiger partial charge in [-0.2, -0.15) is 0 Å². The van der Waals surface area contributed by atoms with Crippen LogP contribution in [0.3, 0.4) is 0 Å². The normalized spacial score (nSPS) is 25.1. The van der Waals surface area contributed by atoms with E-state index in [0.29, 0.717) is 0 Å². The fraction of sp³-hybridized carbons (Fsp3) is 1.00. The molecule has 0 radical (unpaired) electrons. The van der Waals surface area contributed by atoms with E-state index < -0.39 is 0 Å². The first-order valence-corrected chi connectivity index (χ1v) is 4.94. The highest BCUT2D eigenvalue weighted by molar-refractivity contribution is 4.74. The summed E-state index contributed by atoms with van der Waals surface area (Å²) in [6.07, 6.45) is 1.40. The zero-order valence-electron chi connectivity index (χ0n) is 8.72. The standard InChI is InChI=1S/C8H17N.C2H6/c1-7(2)9-5-4-8(3)6-9;1-2/h7-8H,4-6H2,1-3H3;1-2H3/t8-;/m0./s1. The summed E-state index contributed by atoms with van der Waals surface area (Å²) in [5.41, 5.74) is 0. The van der Waals surface area contributed by atoms with E-state index in [1.165, 1.54) is 19.5 Å². The highest BCUT2D eigenvalue weighted by Crippen LogP contribution is 2.16. The van der Waals surface area contributed by atoms with E-state index in [1.54, 1.807) is 0 Å². The largest absolute Gasteiger partial charge is 0.301 e. The molecule has 0 aliphatic carbocycles. The maximum absolute atomic E-state index is 2.55. The minimum atomic E-state index is 0.759. The van der Waals surface area contributed by atoms with Crippen molar-refractivity contribution in [3.05, 3.63) is 0 Å². The van der Waals surface area contributed by atoms with Crippen LogP contribution in [0.15, 0.2) is 0 Å². The van der Waals surface area contributed by atoms with Crippen molar-refractivity contribution in [3.63, 3.8) is 0 Å². The number of hydrogen-bond acceptors (Lipinski definition) is 1. The maximum Gasteiger partial charge on any atom is 0.00387 e. The third-order valence-corrected chi connectivity index (χ3v) is 2.19. The molecule has 1 heteroatoms. The first-order chi connectivity index (χ1) is 5.20. The summed E-state index contributed by atoms with van der Waals surface area (Å²) in [4.78, 5) is 2.55. The van der Waals surface area contributed by atoms with Crippen LogP contribution >= 0.6 is 0 Å². The van der Waals surface area contributed by atoms with E-state index in [9.17, 15) is 0 Å². The van der Waals surface area contributed by atoms with Gasteiger partial charge in [-0.05, 0) is 32.7 Å². The van der Waals surface area contributed by atoms with Gasteiger partial charge in [-0.1, -0.05) is 20.8 Å². The fourth-order valence-corrected chi connectivity index (χ4v) is 1.44. The molecular weight excluding hydrogens is 134 g/mol. The van der Waals surface area contributed by atoms with Gasteiger partial charge in [0, 0.05) is 12.6 Å². The molecule has 0 bridgehead atoms. The van der Waals surface area contributed by atoms with E-state index in [0.717, 1.165) is 12.0 Å². The van der Waals surface area contributed by atoms with Gasteiger partial charge in [-0.15, -0.1) is 0 Å². The quantitative estimate of drug-likeness (QED) is 0.565. The molecule has 0 saturated carbocycles. The van der Waals surface area contributed by atoms with Crippen LogP contribution < -0.4 is 0 Å². The van der Waals surface area contributed by atoms with Crippen LogP contribution in [0.5, 0.6) is 0 Å². The monoisotopic (exact) mass is 157 g/mol. The Morgan fingerprint density at radius 1 is 1.27 bits per heavy atom. The Hall–Kier alpha value is -0.0400. The van der Waals surface area contributed by atoms with Gasteiger partial charge in [0.05, 0.1) is 0 Å². The molecule has 0 N–H and O–H groups in total. The van der Waals surface area contributed by atoms with Crippen LogP contribution in [-0.4, -0.2) is 24.0 Å². The lowest BCUT2D eigenvalue weighted by Crippen LogP contribution is -2.27. The smallest absolute Gasteiger partial charge is 0.00387 e. The van der Waals surface area contributed by atoms with E-state index in [-0.39, 0.29) is 0 Å². The maximum atomic E-state index is 2.55. The number of likely N-dealkylation sites (tertiary alicyclic amines) is 1. The molecule has 1 rings (SSSR count). The molecule has 0 aromatic heterocycles. The highest BCUT2D eigenvalue weighted by atomic mass is 15.2. The van der Waals surface area contributed by atoms with Gasteiger partial charge in [0.15, 0.2) is 0 Å². The van der Waals surface area contributed by atoms with Crippen LogP contribution in [0, 0.1) is 5.92 Å². The van der Waals surface area contributed by atoms with Crippen molar-refractivity contribution >= 4 is 0 Å². The molecule has 11 heavy (non-hydrogen) atoms. The molecule has 1 nitrogen and oxygen atoms in total. The topological polar surface area (TPSA) is 3.24 Å². The minimum absolute atomic E-state index is 0.759. The summed E-state index contributed by atoms with van der Waals surface area (Å²) in [6.45, 7) is 13.5. The second-order valence-corrected chi connectivity index (χ2v) is 3.48. The first-order valence-electron chi connectivity index (χ1n) is 4.94. The van der Waals surface area contributed by atoms with Crippen LogP contribution in [0.1, 0.15) is 41.0 Å². The number of hydrogen-bond donors (Lipinski definition) is 0. The molecule has 1 atom stereocenters. The lowest BCUT2D eigenvalue weighted by atomic mass is 10.2. The van der Waals surface area contributed by atoms with Crippen LogP contribution in [0.2, 0.25) is 0 Å². The van der Waals surface area contributed by atoms with E-state index in [4.69, 9.17) is 0 Å². The van der Waals surface area contributed by atoms with E-state index in [2.05, 4.69) is 25.7 Å². The Bertz CT molecular complexity index is 88.9. The van der Waals surface area contributed by atoms with Gasteiger partial charge in [-0.3, -0.25) is 0 Å². The van der Waals surface area contributed by atoms with Crippen molar-refractivity contribution < 1.29 is 0 Å². The predicted octanol–water partition coefficient (Wildman–Crippen LogP) is 2.76. The van der Waals surface area contributed by atoms with Crippen molar-refractivity contribution in [1.29, 1.82) is 0 Å². The van der Waals surface area contributed by atoms with Gasteiger partial charge in [-0.25, -0.2) is 0 Å². The molecule has 68 valence electrons. The predicted molar refractivity (Wildman–Crippen MR) is 51.8 cm³/mol. The molecule has 1 aliphatic rings. The van der Waals surface area contributed by atoms with Gasteiger partial charge in [0.1, 0.15) is 0 Å². The van der Waals surface area contributed by atoms with Crippen molar-refractivity contribution in [2.24, 2.45) is 5.92 Å². The molecule has 1 heterocycles. The average Bonchev–Trinajstić information content (AvgIpc) is 2.40. The zero-order chi connectivity index (χ0) is 8.85. The van der Waals surface area contributed by atoms with E-state index >= 15 is 0 Å². The summed E-state index contributed by atoms with van der Waals surface area (Å²) < 4.78 is 0. The van der Waals surface area contributed by atoms with E-state index in [1.807, 2.05) is 13.8 Å². The minimum Gasteiger partial charge on any atom is -0.301 e. The second-order valence-electron chi connectivity index (χ2n) is 3.48. The molecule has 1 fully saturated rings. The summed E-state index contributed by atoms with van der Waals surface area (Å²) in [5.74, 6) is 0.937. The highest BCUT2D eigenvalue weighted by Gasteiger charge is 2.19. The van der Waals surface area contributed by atoms with Gasteiger partial charge < -0.3 is 4.90 Å². The Morgan fingerprint density at radius 3 is 2.00 bits per heavy atom. The Balaban J connectivity index is 0.000000461. The van der Waals surface area contributed by atoms with Crippen LogP contribution in [0.4, 0.5) is 0 Å². The summed E-state index contributed by atoms with van der Waals surface area (Å²) >= 11 is 0. The van der Waals surface area contributed by atoms with Gasteiger partial charge in [0.2, 0.25) is 0 Å². The molecule has 1 saturated heterocycles. The average molecular weight is 157 g/mol. The van der Waals surface area contributed by atoms with Crippen molar-refractivity contribution in [1.82, 2.24) is 4.90 Å².